The average Bonchev–Trinajstić information content (AvgIpc) is 3.09. The number of rotatable bonds is 5. The van der Waals surface area contributed by atoms with Crippen LogP contribution in [0, 0.1) is 27.7 Å². The number of aromatic nitrogens is 4. The van der Waals surface area contributed by atoms with Crippen LogP contribution in [0.5, 0.6) is 0 Å². The summed E-state index contributed by atoms with van der Waals surface area (Å²) < 4.78 is 3.64. The second kappa shape index (κ2) is 8.89. The van der Waals surface area contributed by atoms with Gasteiger partial charge in [0.2, 0.25) is 0 Å². The topological polar surface area (TPSA) is 102 Å². The van der Waals surface area contributed by atoms with Crippen molar-refractivity contribution >= 4 is 28.3 Å². The summed E-state index contributed by atoms with van der Waals surface area (Å²) >= 11 is 0. The fourth-order valence-corrected chi connectivity index (χ4v) is 4.94. The predicted molar refractivity (Wildman–Crippen MR) is 146 cm³/mol. The van der Waals surface area contributed by atoms with E-state index in [-0.39, 0.29) is 17.2 Å². The summed E-state index contributed by atoms with van der Waals surface area (Å²) in [7, 11) is 1.99. The molecular formula is C29H29N5O3. The van der Waals surface area contributed by atoms with Crippen LogP contribution in [0.25, 0.3) is 27.9 Å². The number of hydrogen-bond acceptors (Lipinski definition) is 5. The Kier molecular flexibility index (Phi) is 5.82. The maximum absolute atomic E-state index is 13.5. The Morgan fingerprint density at radius 3 is 2.51 bits per heavy atom. The highest BCUT2D eigenvalue weighted by atomic mass is 16.4. The third-order valence-corrected chi connectivity index (χ3v) is 7.22. The van der Waals surface area contributed by atoms with Crippen LogP contribution in [0.2, 0.25) is 0 Å². The summed E-state index contributed by atoms with van der Waals surface area (Å²) in [5, 5.41) is 13.9. The molecule has 4 aromatic heterocycles. The standard InChI is InChI=1S/C29H29N5O3/c1-15-11-23(18(4)31-24-10-8-7-9-21(24)29(36)37)27-32-25(17(3)28(35)34(27)14-15)20-12-22-16(2)19(5)33(6)26(22)30-13-20/h7-14,18,31H,1-6H3,(H,36,37)/t18-/m1/s1. The second-order valence-electron chi connectivity index (χ2n) is 9.64. The maximum Gasteiger partial charge on any atom is 0.337 e. The van der Waals surface area contributed by atoms with Crippen molar-refractivity contribution in [2.24, 2.45) is 7.05 Å². The summed E-state index contributed by atoms with van der Waals surface area (Å²) in [6.45, 7) is 9.78. The molecule has 2 N–H and O–H groups in total. The molecule has 37 heavy (non-hydrogen) atoms. The lowest BCUT2D eigenvalue weighted by molar-refractivity contribution is 0.0698. The zero-order chi connectivity index (χ0) is 26.6. The highest BCUT2D eigenvalue weighted by Crippen LogP contribution is 2.30. The van der Waals surface area contributed by atoms with Crippen molar-refractivity contribution in [2.75, 3.05) is 5.32 Å². The summed E-state index contributed by atoms with van der Waals surface area (Å²) in [5.41, 5.74) is 7.83. The molecule has 8 nitrogen and oxygen atoms in total. The molecule has 0 aliphatic heterocycles. The molecule has 0 saturated heterocycles. The smallest absolute Gasteiger partial charge is 0.337 e. The number of fused-ring (bicyclic) bond motifs is 2. The summed E-state index contributed by atoms with van der Waals surface area (Å²) in [4.78, 5) is 34.9. The molecule has 5 rings (SSSR count). The number of anilines is 1. The van der Waals surface area contributed by atoms with E-state index < -0.39 is 5.97 Å². The predicted octanol–water partition coefficient (Wildman–Crippen LogP) is 5.35. The molecule has 0 fully saturated rings. The van der Waals surface area contributed by atoms with Crippen molar-refractivity contribution in [1.29, 1.82) is 0 Å². The lowest BCUT2D eigenvalue weighted by atomic mass is 10.0. The van der Waals surface area contributed by atoms with E-state index in [9.17, 15) is 14.7 Å². The normalized spacial score (nSPS) is 12.3. The lowest BCUT2D eigenvalue weighted by Gasteiger charge is -2.20. The van der Waals surface area contributed by atoms with Crippen LogP contribution >= 0.6 is 0 Å². The Morgan fingerprint density at radius 1 is 1.05 bits per heavy atom. The van der Waals surface area contributed by atoms with Gasteiger partial charge >= 0.3 is 5.97 Å². The molecule has 8 heteroatoms. The van der Waals surface area contributed by atoms with E-state index in [0.29, 0.717) is 22.6 Å². The van der Waals surface area contributed by atoms with E-state index in [2.05, 4.69) is 34.8 Å². The van der Waals surface area contributed by atoms with Crippen molar-refractivity contribution < 1.29 is 9.90 Å². The van der Waals surface area contributed by atoms with Crippen molar-refractivity contribution in [3.8, 4) is 11.3 Å². The fraction of sp³-hybridized carbons (Fsp3) is 0.241. The van der Waals surface area contributed by atoms with Gasteiger partial charge in [-0.2, -0.15) is 0 Å². The Balaban J connectivity index is 1.70. The van der Waals surface area contributed by atoms with E-state index in [1.807, 2.05) is 27.0 Å². The van der Waals surface area contributed by atoms with Gasteiger partial charge in [0.05, 0.1) is 17.3 Å². The number of nitrogens with zero attached hydrogens (tertiary/aromatic N) is 4. The Morgan fingerprint density at radius 2 is 1.78 bits per heavy atom. The van der Waals surface area contributed by atoms with E-state index >= 15 is 0 Å². The molecule has 0 unspecified atom stereocenters. The number of carbonyl (C=O) groups is 1. The molecule has 0 saturated carbocycles. The number of pyridine rings is 2. The van der Waals surface area contributed by atoms with Gasteiger partial charge in [-0.15, -0.1) is 0 Å². The van der Waals surface area contributed by atoms with E-state index in [1.165, 1.54) is 0 Å². The van der Waals surface area contributed by atoms with Crippen molar-refractivity contribution in [1.82, 2.24) is 18.9 Å². The van der Waals surface area contributed by atoms with Gasteiger partial charge in [-0.05, 0) is 70.0 Å². The molecule has 4 heterocycles. The largest absolute Gasteiger partial charge is 0.478 e. The van der Waals surface area contributed by atoms with Crippen molar-refractivity contribution in [3.63, 3.8) is 0 Å². The minimum Gasteiger partial charge on any atom is -0.478 e. The number of nitrogens with one attached hydrogen (secondary N) is 1. The van der Waals surface area contributed by atoms with Gasteiger partial charge in [0.25, 0.3) is 5.56 Å². The van der Waals surface area contributed by atoms with Crippen LogP contribution in [0.4, 0.5) is 5.69 Å². The Bertz CT molecular complexity index is 1780. The molecule has 1 aromatic carbocycles. The minimum absolute atomic E-state index is 0.149. The molecule has 5 aromatic rings. The maximum atomic E-state index is 13.5. The zero-order valence-electron chi connectivity index (χ0n) is 21.7. The van der Waals surface area contributed by atoms with E-state index in [4.69, 9.17) is 4.98 Å². The Labute approximate surface area is 214 Å². The zero-order valence-corrected chi connectivity index (χ0v) is 21.7. The van der Waals surface area contributed by atoms with Gasteiger partial charge < -0.3 is 15.0 Å². The van der Waals surface area contributed by atoms with E-state index in [1.54, 1.807) is 48.0 Å². The van der Waals surface area contributed by atoms with Gasteiger partial charge in [-0.25, -0.2) is 14.8 Å². The first-order chi connectivity index (χ1) is 17.6. The number of carboxylic acids is 1. The van der Waals surface area contributed by atoms with Crippen molar-refractivity contribution in [3.05, 3.63) is 92.7 Å². The molecule has 0 amide bonds. The highest BCUT2D eigenvalue weighted by Gasteiger charge is 2.20. The number of hydrogen-bond donors (Lipinski definition) is 2. The molecule has 0 radical (unpaired) electrons. The molecule has 0 spiro atoms. The van der Waals surface area contributed by atoms with Gasteiger partial charge in [0.15, 0.2) is 0 Å². The second-order valence-corrected chi connectivity index (χ2v) is 9.64. The molecule has 1 atom stereocenters. The van der Waals surface area contributed by atoms with Gasteiger partial charge in [-0.3, -0.25) is 9.20 Å². The molecule has 0 aliphatic rings. The highest BCUT2D eigenvalue weighted by molar-refractivity contribution is 5.94. The number of benzene rings is 1. The Hall–Kier alpha value is -4.46. The molecule has 0 bridgehead atoms. The fourth-order valence-electron chi connectivity index (χ4n) is 4.94. The van der Waals surface area contributed by atoms with Crippen LogP contribution in [0.15, 0.2) is 53.6 Å². The lowest BCUT2D eigenvalue weighted by Crippen LogP contribution is -2.22. The molecular weight excluding hydrogens is 466 g/mol. The number of carboxylic acid groups (broad SMARTS) is 1. The molecule has 0 aliphatic carbocycles. The first kappa shape index (κ1) is 24.2. The third-order valence-electron chi connectivity index (χ3n) is 7.22. The SMILES string of the molecule is Cc1cc([C@@H](C)Nc2ccccc2C(=O)O)c2nc(-c3cnc4c(c3)c(C)c(C)n4C)c(C)c(=O)n2c1. The quantitative estimate of drug-likeness (QED) is 0.341. The van der Waals surface area contributed by atoms with Crippen molar-refractivity contribution in [2.45, 2.75) is 40.7 Å². The minimum atomic E-state index is -1.01. The summed E-state index contributed by atoms with van der Waals surface area (Å²) in [5.74, 6) is -1.01. The summed E-state index contributed by atoms with van der Waals surface area (Å²) in [6.07, 6.45) is 3.56. The third kappa shape index (κ3) is 3.94. The van der Waals surface area contributed by atoms with Crippen LogP contribution in [0.1, 0.15) is 51.3 Å². The van der Waals surface area contributed by atoms with Gasteiger partial charge in [0.1, 0.15) is 11.3 Å². The first-order valence-corrected chi connectivity index (χ1v) is 12.1. The first-order valence-electron chi connectivity index (χ1n) is 12.1. The molecule has 188 valence electrons. The van der Waals surface area contributed by atoms with Crippen LogP contribution in [-0.2, 0) is 7.05 Å². The number of aromatic carboxylic acids is 1. The summed E-state index contributed by atoms with van der Waals surface area (Å²) in [6, 6.07) is 10.5. The average molecular weight is 496 g/mol. The van der Waals surface area contributed by atoms with Gasteiger partial charge in [0, 0.05) is 52.9 Å². The number of aryl methyl sites for hydroxylation is 3. The van der Waals surface area contributed by atoms with Crippen LogP contribution in [-0.4, -0.2) is 30.0 Å². The van der Waals surface area contributed by atoms with E-state index in [0.717, 1.165) is 39.0 Å². The van der Waals surface area contributed by atoms with Crippen LogP contribution in [0.3, 0.4) is 0 Å². The number of para-hydroxylation sites is 1. The van der Waals surface area contributed by atoms with Gasteiger partial charge in [-0.1, -0.05) is 12.1 Å². The monoisotopic (exact) mass is 495 g/mol. The van der Waals surface area contributed by atoms with Crippen LogP contribution < -0.4 is 10.9 Å².